The Morgan fingerprint density at radius 1 is 1.36 bits per heavy atom. The number of carboxylic acids is 1. The first-order valence-corrected chi connectivity index (χ1v) is 9.64. The van der Waals surface area contributed by atoms with E-state index >= 15 is 0 Å². The summed E-state index contributed by atoms with van der Waals surface area (Å²) < 4.78 is 2.08. The monoisotopic (exact) mass is 363 g/mol. The van der Waals surface area contributed by atoms with Crippen LogP contribution in [-0.4, -0.2) is 56.9 Å². The van der Waals surface area contributed by atoms with E-state index in [0.717, 1.165) is 49.3 Å². The van der Waals surface area contributed by atoms with Gasteiger partial charge in [-0.15, -0.1) is 10.2 Å². The minimum Gasteiger partial charge on any atom is -0.481 e. The van der Waals surface area contributed by atoms with Gasteiger partial charge in [0.2, 0.25) is 10.3 Å². The van der Waals surface area contributed by atoms with Crippen molar-refractivity contribution in [1.29, 1.82) is 0 Å². The van der Waals surface area contributed by atoms with Gasteiger partial charge in [0.25, 0.3) is 0 Å². The number of aliphatic carboxylic acids is 1. The zero-order valence-electron chi connectivity index (χ0n) is 14.8. The van der Waals surface area contributed by atoms with Crippen molar-refractivity contribution in [2.75, 3.05) is 31.1 Å². The van der Waals surface area contributed by atoms with Gasteiger partial charge in [-0.1, -0.05) is 25.2 Å². The summed E-state index contributed by atoms with van der Waals surface area (Å²) in [6, 6.07) is 4.14. The third kappa shape index (κ3) is 4.01. The van der Waals surface area contributed by atoms with Gasteiger partial charge in [-0.25, -0.2) is 0 Å². The topological polar surface area (TPSA) is 74.5 Å². The lowest BCUT2D eigenvalue weighted by molar-refractivity contribution is -0.141. The van der Waals surface area contributed by atoms with E-state index in [-0.39, 0.29) is 5.92 Å². The molecule has 0 amide bonds. The molecule has 0 radical (unpaired) electrons. The van der Waals surface area contributed by atoms with Crippen molar-refractivity contribution in [3.8, 4) is 5.13 Å². The number of piperidine rings is 1. The highest BCUT2D eigenvalue weighted by Gasteiger charge is 2.27. The predicted octanol–water partition coefficient (Wildman–Crippen LogP) is 2.47. The molecule has 2 aromatic rings. The Balaban J connectivity index is 1.76. The van der Waals surface area contributed by atoms with Crippen molar-refractivity contribution in [1.82, 2.24) is 19.7 Å². The first-order valence-electron chi connectivity index (χ1n) is 8.82. The lowest BCUT2D eigenvalue weighted by atomic mass is 9.99. The van der Waals surface area contributed by atoms with Crippen LogP contribution in [-0.2, 0) is 11.3 Å². The van der Waals surface area contributed by atoms with Crippen LogP contribution in [0.5, 0.6) is 0 Å². The van der Waals surface area contributed by atoms with E-state index < -0.39 is 5.97 Å². The van der Waals surface area contributed by atoms with E-state index in [1.807, 2.05) is 12.3 Å². The minimum absolute atomic E-state index is 0.314. The largest absolute Gasteiger partial charge is 0.481 e. The van der Waals surface area contributed by atoms with Crippen LogP contribution in [0.2, 0.25) is 0 Å². The van der Waals surface area contributed by atoms with Crippen LogP contribution < -0.4 is 4.90 Å². The number of hydrogen-bond donors (Lipinski definition) is 1. The summed E-state index contributed by atoms with van der Waals surface area (Å²) in [6.45, 7) is 8.57. The molecule has 7 nitrogen and oxygen atoms in total. The highest BCUT2D eigenvalue weighted by molar-refractivity contribution is 7.17. The lowest BCUT2D eigenvalue weighted by Crippen LogP contribution is -2.38. The lowest BCUT2D eigenvalue weighted by Gasteiger charge is -2.29. The van der Waals surface area contributed by atoms with Gasteiger partial charge in [-0.3, -0.25) is 14.3 Å². The van der Waals surface area contributed by atoms with E-state index in [1.165, 1.54) is 17.0 Å². The average Bonchev–Trinajstić information content (AvgIpc) is 3.28. The highest BCUT2D eigenvalue weighted by atomic mass is 32.1. The van der Waals surface area contributed by atoms with Crippen LogP contribution >= 0.6 is 11.3 Å². The van der Waals surface area contributed by atoms with E-state index in [9.17, 15) is 9.90 Å². The molecular weight excluding hydrogens is 338 g/mol. The molecule has 8 heteroatoms. The minimum atomic E-state index is -0.721. The van der Waals surface area contributed by atoms with E-state index in [0.29, 0.717) is 6.54 Å². The molecule has 1 aliphatic heterocycles. The summed E-state index contributed by atoms with van der Waals surface area (Å²) in [5.41, 5.74) is 1.19. The molecule has 1 aliphatic rings. The summed E-state index contributed by atoms with van der Waals surface area (Å²) in [7, 11) is 0. The molecule has 1 fully saturated rings. The van der Waals surface area contributed by atoms with Crippen molar-refractivity contribution in [3.63, 3.8) is 0 Å². The van der Waals surface area contributed by atoms with Gasteiger partial charge in [0.1, 0.15) is 0 Å². The molecule has 0 aliphatic carbocycles. The van der Waals surface area contributed by atoms with Crippen molar-refractivity contribution >= 4 is 22.4 Å². The quantitative estimate of drug-likeness (QED) is 0.815. The second kappa shape index (κ2) is 7.97. The fourth-order valence-corrected chi connectivity index (χ4v) is 4.09. The number of hydrogen-bond acceptors (Lipinski definition) is 6. The second-order valence-electron chi connectivity index (χ2n) is 6.32. The molecule has 3 rings (SSSR count). The zero-order valence-corrected chi connectivity index (χ0v) is 15.6. The molecule has 0 aromatic carbocycles. The van der Waals surface area contributed by atoms with E-state index in [4.69, 9.17) is 0 Å². The van der Waals surface area contributed by atoms with Crippen molar-refractivity contribution < 1.29 is 9.90 Å². The third-order valence-electron chi connectivity index (χ3n) is 4.76. The first-order chi connectivity index (χ1) is 12.1. The normalized spacial score (nSPS) is 18.0. The first kappa shape index (κ1) is 17.9. The summed E-state index contributed by atoms with van der Waals surface area (Å²) in [5.74, 6) is -1.03. The standard InChI is InChI=1S/C17H25N5O2S/c1-3-20(4-2)12-14-8-6-10-22(14)17-19-18-16(25-17)21-9-5-7-13(11-21)15(23)24/h6,8,10,13H,3-5,7,9,11-12H2,1-2H3,(H,23,24). The van der Waals surface area contributed by atoms with Crippen LogP contribution in [0.3, 0.4) is 0 Å². The molecule has 25 heavy (non-hydrogen) atoms. The second-order valence-corrected chi connectivity index (χ2v) is 7.26. The summed E-state index contributed by atoms with van der Waals surface area (Å²) in [5, 5.41) is 19.6. The molecular formula is C17H25N5O2S. The Morgan fingerprint density at radius 2 is 2.12 bits per heavy atom. The smallest absolute Gasteiger partial charge is 0.308 e. The number of carboxylic acid groups (broad SMARTS) is 1. The van der Waals surface area contributed by atoms with Gasteiger partial charge in [0.15, 0.2) is 0 Å². The SMILES string of the molecule is CCN(CC)Cc1cccn1-c1nnc(N2CCCC(C(=O)O)C2)s1. The van der Waals surface area contributed by atoms with Crippen LogP contribution in [0.25, 0.3) is 5.13 Å². The Kier molecular flexibility index (Phi) is 5.70. The summed E-state index contributed by atoms with van der Waals surface area (Å²) >= 11 is 1.52. The van der Waals surface area contributed by atoms with Crippen molar-refractivity contribution in [2.24, 2.45) is 5.92 Å². The maximum absolute atomic E-state index is 11.3. The Bertz CT molecular complexity index is 709. The molecule has 1 atom stereocenters. The molecule has 1 saturated heterocycles. The summed E-state index contributed by atoms with van der Waals surface area (Å²) in [6.07, 6.45) is 3.63. The third-order valence-corrected chi connectivity index (χ3v) is 5.75. The number of nitrogens with zero attached hydrogens (tertiary/aromatic N) is 5. The van der Waals surface area contributed by atoms with Crippen LogP contribution in [0.15, 0.2) is 18.3 Å². The van der Waals surface area contributed by atoms with Crippen LogP contribution in [0.4, 0.5) is 5.13 Å². The average molecular weight is 363 g/mol. The molecule has 3 heterocycles. The molecule has 0 bridgehead atoms. The maximum atomic E-state index is 11.3. The molecule has 136 valence electrons. The van der Waals surface area contributed by atoms with E-state index in [1.54, 1.807) is 0 Å². The fourth-order valence-electron chi connectivity index (χ4n) is 3.19. The van der Waals surface area contributed by atoms with Crippen LogP contribution in [0.1, 0.15) is 32.4 Å². The molecule has 1 N–H and O–H groups in total. The number of anilines is 1. The molecule has 0 spiro atoms. The number of aromatic nitrogens is 3. The Labute approximate surface area is 151 Å². The van der Waals surface area contributed by atoms with Crippen molar-refractivity contribution in [3.05, 3.63) is 24.0 Å². The van der Waals surface area contributed by atoms with Gasteiger partial charge in [-0.2, -0.15) is 0 Å². The van der Waals surface area contributed by atoms with Crippen molar-refractivity contribution in [2.45, 2.75) is 33.2 Å². The van der Waals surface area contributed by atoms with Gasteiger partial charge >= 0.3 is 5.97 Å². The summed E-state index contributed by atoms with van der Waals surface area (Å²) in [4.78, 5) is 15.7. The fraction of sp³-hybridized carbons (Fsp3) is 0.588. The van der Waals surface area contributed by atoms with E-state index in [2.05, 4.69) is 44.5 Å². The van der Waals surface area contributed by atoms with Gasteiger partial charge in [0.05, 0.1) is 5.92 Å². The zero-order chi connectivity index (χ0) is 17.8. The molecule has 0 saturated carbocycles. The van der Waals surface area contributed by atoms with Gasteiger partial charge < -0.3 is 10.0 Å². The Morgan fingerprint density at radius 3 is 2.84 bits per heavy atom. The van der Waals surface area contributed by atoms with Crippen LogP contribution in [0, 0.1) is 5.92 Å². The molecule has 2 aromatic heterocycles. The van der Waals surface area contributed by atoms with Gasteiger partial charge in [-0.05, 0) is 38.1 Å². The van der Waals surface area contributed by atoms with Gasteiger partial charge in [0, 0.05) is 31.5 Å². The highest BCUT2D eigenvalue weighted by Crippen LogP contribution is 2.28. The number of carbonyl (C=O) groups is 1. The maximum Gasteiger partial charge on any atom is 0.308 e. The number of rotatable bonds is 7. The predicted molar refractivity (Wildman–Crippen MR) is 98.4 cm³/mol. The molecule has 1 unspecified atom stereocenters. The Hall–Kier alpha value is -1.93.